The van der Waals surface area contributed by atoms with E-state index in [1.54, 1.807) is 11.0 Å². The summed E-state index contributed by atoms with van der Waals surface area (Å²) in [4.78, 5) is 12.9. The molecule has 9 nitrogen and oxygen atoms in total. The lowest BCUT2D eigenvalue weighted by Gasteiger charge is -2.22. The van der Waals surface area contributed by atoms with Crippen molar-refractivity contribution < 1.29 is 17.9 Å². The molecule has 0 radical (unpaired) electrons. The molecule has 1 N–H and O–H groups in total. The predicted octanol–water partition coefficient (Wildman–Crippen LogP) is 1.71. The zero-order valence-corrected chi connectivity index (χ0v) is 16.7. The molecule has 3 heterocycles. The Morgan fingerprint density at radius 1 is 1.11 bits per heavy atom. The third kappa shape index (κ3) is 3.64. The number of hydrogen-bond donors (Lipinski definition) is 1. The molecule has 0 amide bonds. The van der Waals surface area contributed by atoms with E-state index in [0.29, 0.717) is 42.2 Å². The van der Waals surface area contributed by atoms with Crippen molar-refractivity contribution in [3.63, 3.8) is 0 Å². The Balaban J connectivity index is 1.63. The lowest BCUT2D eigenvalue weighted by atomic mass is 10.3. The topological polar surface area (TPSA) is 96.9 Å². The van der Waals surface area contributed by atoms with Gasteiger partial charge in [0.05, 0.1) is 11.1 Å². The summed E-state index contributed by atoms with van der Waals surface area (Å²) >= 11 is 0. The number of rotatable bonds is 5. The van der Waals surface area contributed by atoms with E-state index in [4.69, 9.17) is 9.47 Å². The molecule has 0 atom stereocenters. The largest absolute Gasteiger partial charge is 0.486 e. The van der Waals surface area contributed by atoms with E-state index in [-0.39, 0.29) is 4.90 Å². The highest BCUT2D eigenvalue weighted by Crippen LogP contribution is 2.33. The minimum Gasteiger partial charge on any atom is -0.486 e. The normalized spacial score (nSPS) is 16.1. The highest BCUT2D eigenvalue weighted by molar-refractivity contribution is 7.92. The van der Waals surface area contributed by atoms with Gasteiger partial charge in [-0.15, -0.1) is 0 Å². The minimum absolute atomic E-state index is 0.0880. The van der Waals surface area contributed by atoms with Gasteiger partial charge in [0.1, 0.15) is 18.9 Å². The molecule has 28 heavy (non-hydrogen) atoms. The number of hydrogen-bond acceptors (Lipinski definition) is 8. The van der Waals surface area contributed by atoms with Crippen LogP contribution in [0.5, 0.6) is 11.5 Å². The number of ether oxygens (including phenoxy) is 2. The third-order valence-corrected chi connectivity index (χ3v) is 6.00. The smallest absolute Gasteiger partial charge is 0.262 e. The summed E-state index contributed by atoms with van der Waals surface area (Å²) in [5, 5.41) is 0. The number of nitrogens with zero attached hydrogens (tertiary/aromatic N) is 4. The van der Waals surface area contributed by atoms with Crippen molar-refractivity contribution in [3.05, 3.63) is 24.4 Å². The maximum atomic E-state index is 12.9. The fourth-order valence-corrected chi connectivity index (χ4v) is 4.30. The van der Waals surface area contributed by atoms with Crippen molar-refractivity contribution in [1.82, 2.24) is 9.97 Å². The van der Waals surface area contributed by atoms with Gasteiger partial charge in [0.2, 0.25) is 5.95 Å². The van der Waals surface area contributed by atoms with Crippen LogP contribution < -0.4 is 24.0 Å². The monoisotopic (exact) mass is 405 g/mol. The van der Waals surface area contributed by atoms with Crippen LogP contribution in [0, 0.1) is 0 Å². The number of aromatic nitrogens is 2. The van der Waals surface area contributed by atoms with E-state index < -0.39 is 10.0 Å². The summed E-state index contributed by atoms with van der Waals surface area (Å²) in [7, 11) is -0.206. The molecule has 2 aliphatic heterocycles. The molecule has 2 aliphatic rings. The van der Waals surface area contributed by atoms with Crippen molar-refractivity contribution in [2.45, 2.75) is 17.7 Å². The molecule has 150 valence electrons. The third-order valence-electron chi connectivity index (χ3n) is 4.64. The SMILES string of the molecule is CN(C)c1nc(N2CCCC2)ncc1NS(=O)(=O)c1ccc2c(c1)OCCO2. The number of benzene rings is 1. The number of sulfonamides is 1. The van der Waals surface area contributed by atoms with Crippen LogP contribution in [0.2, 0.25) is 0 Å². The molecule has 0 spiro atoms. The molecular weight excluding hydrogens is 382 g/mol. The Kier molecular flexibility index (Phi) is 4.88. The Hall–Kier alpha value is -2.75. The van der Waals surface area contributed by atoms with E-state index in [0.717, 1.165) is 25.9 Å². The van der Waals surface area contributed by atoms with Gasteiger partial charge in [-0.3, -0.25) is 4.72 Å². The van der Waals surface area contributed by atoms with Gasteiger partial charge in [0, 0.05) is 33.3 Å². The van der Waals surface area contributed by atoms with Crippen molar-refractivity contribution in [2.75, 3.05) is 54.9 Å². The van der Waals surface area contributed by atoms with Gasteiger partial charge in [0.15, 0.2) is 17.3 Å². The summed E-state index contributed by atoms with van der Waals surface area (Å²) in [6, 6.07) is 4.55. The molecule has 0 aliphatic carbocycles. The first-order valence-corrected chi connectivity index (χ1v) is 10.6. The van der Waals surface area contributed by atoms with Gasteiger partial charge in [0.25, 0.3) is 10.0 Å². The van der Waals surface area contributed by atoms with Crippen LogP contribution in [0.25, 0.3) is 0 Å². The van der Waals surface area contributed by atoms with E-state index in [1.165, 1.54) is 18.3 Å². The van der Waals surface area contributed by atoms with E-state index in [2.05, 4.69) is 19.6 Å². The highest BCUT2D eigenvalue weighted by atomic mass is 32.2. The average molecular weight is 405 g/mol. The molecule has 1 fully saturated rings. The predicted molar refractivity (Wildman–Crippen MR) is 106 cm³/mol. The molecule has 0 bridgehead atoms. The molecule has 0 unspecified atom stereocenters. The summed E-state index contributed by atoms with van der Waals surface area (Å²) in [5.74, 6) is 2.08. The van der Waals surface area contributed by atoms with Gasteiger partial charge in [-0.25, -0.2) is 13.4 Å². The van der Waals surface area contributed by atoms with E-state index >= 15 is 0 Å². The van der Waals surface area contributed by atoms with Gasteiger partial charge >= 0.3 is 0 Å². The summed E-state index contributed by atoms with van der Waals surface area (Å²) < 4.78 is 39.4. The van der Waals surface area contributed by atoms with Crippen LogP contribution >= 0.6 is 0 Å². The van der Waals surface area contributed by atoms with Gasteiger partial charge in [-0.2, -0.15) is 4.98 Å². The van der Waals surface area contributed by atoms with Crippen molar-refractivity contribution in [2.24, 2.45) is 0 Å². The molecule has 4 rings (SSSR count). The van der Waals surface area contributed by atoms with Crippen LogP contribution in [0.3, 0.4) is 0 Å². The lowest BCUT2D eigenvalue weighted by Crippen LogP contribution is -2.24. The second-order valence-corrected chi connectivity index (χ2v) is 8.59. The zero-order valence-electron chi connectivity index (χ0n) is 15.9. The average Bonchev–Trinajstić information content (AvgIpc) is 3.22. The number of nitrogens with one attached hydrogen (secondary N) is 1. The van der Waals surface area contributed by atoms with Gasteiger partial charge < -0.3 is 19.3 Å². The Labute approximate surface area is 164 Å². The van der Waals surface area contributed by atoms with E-state index in [9.17, 15) is 8.42 Å². The first-order valence-electron chi connectivity index (χ1n) is 9.16. The first kappa shape index (κ1) is 18.6. The molecule has 0 saturated carbocycles. The Bertz CT molecular complexity index is 974. The second kappa shape index (κ2) is 7.34. The van der Waals surface area contributed by atoms with Crippen LogP contribution in [0.4, 0.5) is 17.5 Å². The van der Waals surface area contributed by atoms with Crippen molar-refractivity contribution >= 4 is 27.5 Å². The van der Waals surface area contributed by atoms with E-state index in [1.807, 2.05) is 14.1 Å². The first-order chi connectivity index (χ1) is 13.4. The quantitative estimate of drug-likeness (QED) is 0.803. The second-order valence-electron chi connectivity index (χ2n) is 6.91. The van der Waals surface area contributed by atoms with Crippen LogP contribution in [-0.4, -0.2) is 58.8 Å². The van der Waals surface area contributed by atoms with Crippen LogP contribution in [-0.2, 0) is 10.0 Å². The van der Waals surface area contributed by atoms with Gasteiger partial charge in [-0.05, 0) is 25.0 Å². The molecule has 1 aromatic heterocycles. The maximum Gasteiger partial charge on any atom is 0.262 e. The Morgan fingerprint density at radius 3 is 2.54 bits per heavy atom. The molecule has 2 aromatic rings. The molecule has 10 heteroatoms. The minimum atomic E-state index is -3.84. The number of fused-ring (bicyclic) bond motifs is 1. The summed E-state index contributed by atoms with van der Waals surface area (Å²) in [5.41, 5.74) is 0.322. The van der Waals surface area contributed by atoms with Crippen molar-refractivity contribution in [3.8, 4) is 11.5 Å². The zero-order chi connectivity index (χ0) is 19.7. The molecule has 1 aromatic carbocycles. The highest BCUT2D eigenvalue weighted by Gasteiger charge is 2.23. The fraction of sp³-hybridized carbons (Fsp3) is 0.444. The fourth-order valence-electron chi connectivity index (χ4n) is 3.24. The number of anilines is 3. The van der Waals surface area contributed by atoms with Gasteiger partial charge in [-0.1, -0.05) is 0 Å². The standard InChI is InChI=1S/C18H23N5O4S/c1-22(2)17-14(12-19-18(20-17)23-7-3-4-8-23)21-28(24,25)13-5-6-15-16(11-13)27-10-9-26-15/h5-6,11-12,21H,3-4,7-10H2,1-2H3. The van der Waals surface area contributed by atoms with Crippen LogP contribution in [0.15, 0.2) is 29.3 Å². The summed E-state index contributed by atoms with van der Waals surface area (Å²) in [6.45, 7) is 2.66. The summed E-state index contributed by atoms with van der Waals surface area (Å²) in [6.07, 6.45) is 3.74. The molecule has 1 saturated heterocycles. The maximum absolute atomic E-state index is 12.9. The van der Waals surface area contributed by atoms with Crippen LogP contribution in [0.1, 0.15) is 12.8 Å². The Morgan fingerprint density at radius 2 is 1.82 bits per heavy atom. The molecular formula is C18H23N5O4S. The lowest BCUT2D eigenvalue weighted by molar-refractivity contribution is 0.171. The van der Waals surface area contributed by atoms with Crippen molar-refractivity contribution in [1.29, 1.82) is 0 Å².